The van der Waals surface area contributed by atoms with Gasteiger partial charge in [0.05, 0.1) is 31.0 Å². The summed E-state index contributed by atoms with van der Waals surface area (Å²) < 4.78 is 49.9. The number of alkyl halides is 4. The van der Waals surface area contributed by atoms with Gasteiger partial charge in [0.2, 0.25) is 5.95 Å². The first-order valence-corrected chi connectivity index (χ1v) is 13.5. The number of unbranched alkanes of at least 4 members (excludes halogenated alkanes) is 1. The summed E-state index contributed by atoms with van der Waals surface area (Å²) in [7, 11) is 1.19. The maximum Gasteiger partial charge on any atom is 0.416 e. The van der Waals surface area contributed by atoms with Crippen molar-refractivity contribution in [1.82, 2.24) is 15.3 Å². The lowest BCUT2D eigenvalue weighted by atomic mass is 9.90. The second-order valence-electron chi connectivity index (χ2n) is 8.82. The number of hydrogen-bond acceptors (Lipinski definition) is 8. The van der Waals surface area contributed by atoms with Crippen LogP contribution in [-0.2, 0) is 21.0 Å². The molecule has 1 aliphatic carbocycles. The van der Waals surface area contributed by atoms with Gasteiger partial charge in [-0.3, -0.25) is 0 Å². The number of esters is 1. The molecule has 2 atom stereocenters. The van der Waals surface area contributed by atoms with E-state index in [-0.39, 0.29) is 46.1 Å². The third-order valence-electron chi connectivity index (χ3n) is 6.07. The molecule has 1 aromatic carbocycles. The second-order valence-corrected chi connectivity index (χ2v) is 9.38. The van der Waals surface area contributed by atoms with Crippen LogP contribution in [-0.4, -0.2) is 47.8 Å². The first kappa shape index (κ1) is 29.5. The Balaban J connectivity index is 1.90. The molecule has 0 bridgehead atoms. The lowest BCUT2D eigenvalue weighted by molar-refractivity contribution is -0.137. The fraction of sp³-hybridized carbons (Fsp3) is 0.520. The molecule has 3 N–H and O–H groups in total. The maximum atomic E-state index is 13.2. The molecule has 1 saturated carbocycles. The summed E-state index contributed by atoms with van der Waals surface area (Å²) in [5.74, 6) is -0.602. The van der Waals surface area contributed by atoms with Crippen molar-refractivity contribution in [3.63, 3.8) is 0 Å². The Morgan fingerprint density at radius 1 is 1.16 bits per heavy atom. The first-order chi connectivity index (χ1) is 18.2. The number of nitrogens with one attached hydrogen (secondary N) is 3. The Labute approximate surface area is 227 Å². The number of alkyl carbamates (subject to hydrolysis) is 1. The van der Waals surface area contributed by atoms with Crippen LogP contribution in [0, 0.1) is 0 Å². The van der Waals surface area contributed by atoms with E-state index in [0.29, 0.717) is 6.61 Å². The topological polar surface area (TPSA) is 114 Å². The minimum absolute atomic E-state index is 0.00911. The number of anilines is 3. The van der Waals surface area contributed by atoms with Gasteiger partial charge in [0.15, 0.2) is 5.82 Å². The first-order valence-electron chi connectivity index (χ1n) is 12.4. The second kappa shape index (κ2) is 13.6. The van der Waals surface area contributed by atoms with E-state index in [1.54, 1.807) is 0 Å². The molecule has 1 amide bonds. The van der Waals surface area contributed by atoms with Gasteiger partial charge in [0.25, 0.3) is 0 Å². The Morgan fingerprint density at radius 2 is 1.89 bits per heavy atom. The molecule has 0 aliphatic heterocycles. The lowest BCUT2D eigenvalue weighted by Crippen LogP contribution is -2.49. The van der Waals surface area contributed by atoms with Crippen molar-refractivity contribution < 1.29 is 32.2 Å². The predicted octanol–water partition coefficient (Wildman–Crippen LogP) is 6.17. The number of aromatic nitrogens is 2. The number of amides is 1. The molecule has 2 aromatic rings. The van der Waals surface area contributed by atoms with Gasteiger partial charge in [0, 0.05) is 17.1 Å². The highest BCUT2D eigenvalue weighted by atomic mass is 79.9. The zero-order valence-electron chi connectivity index (χ0n) is 21.2. The highest BCUT2D eigenvalue weighted by molar-refractivity contribution is 9.08. The molecule has 1 aliphatic rings. The van der Waals surface area contributed by atoms with Gasteiger partial charge in [-0.15, -0.1) is 0 Å². The highest BCUT2D eigenvalue weighted by Gasteiger charge is 2.31. The lowest BCUT2D eigenvalue weighted by Gasteiger charge is -2.32. The minimum Gasteiger partial charge on any atom is -0.465 e. The molecule has 9 nitrogen and oxygen atoms in total. The molecule has 1 heterocycles. The highest BCUT2D eigenvalue weighted by Crippen LogP contribution is 2.32. The Hall–Kier alpha value is -3.09. The van der Waals surface area contributed by atoms with Gasteiger partial charge in [0.1, 0.15) is 5.56 Å². The summed E-state index contributed by atoms with van der Waals surface area (Å²) in [5, 5.41) is 9.12. The third kappa shape index (κ3) is 7.95. The number of halogens is 4. The molecular formula is C25H31BrF3N5O4. The smallest absolute Gasteiger partial charge is 0.416 e. The normalized spacial score (nSPS) is 17.4. The third-order valence-corrected chi connectivity index (χ3v) is 6.60. The maximum absolute atomic E-state index is 13.2. The van der Waals surface area contributed by atoms with Gasteiger partial charge < -0.3 is 25.4 Å². The number of benzene rings is 1. The predicted molar refractivity (Wildman–Crippen MR) is 140 cm³/mol. The molecule has 0 radical (unpaired) electrons. The van der Waals surface area contributed by atoms with Crippen molar-refractivity contribution >= 4 is 45.4 Å². The number of rotatable bonds is 10. The van der Waals surface area contributed by atoms with Crippen molar-refractivity contribution in [2.24, 2.45) is 0 Å². The van der Waals surface area contributed by atoms with Gasteiger partial charge in [-0.05, 0) is 37.5 Å². The Bertz CT molecular complexity index is 1120. The molecule has 0 saturated heterocycles. The molecule has 208 valence electrons. The molecule has 0 spiro atoms. The number of methoxy groups -OCH3 is 1. The molecule has 38 heavy (non-hydrogen) atoms. The van der Waals surface area contributed by atoms with E-state index in [1.807, 2.05) is 6.92 Å². The van der Waals surface area contributed by atoms with Crippen LogP contribution in [0.25, 0.3) is 0 Å². The average molecular weight is 602 g/mol. The van der Waals surface area contributed by atoms with Crippen LogP contribution in [0.1, 0.15) is 67.1 Å². The van der Waals surface area contributed by atoms with Gasteiger partial charge >= 0.3 is 18.2 Å². The number of nitrogens with zero attached hydrogens (tertiary/aromatic N) is 2. The number of hydrogen-bond donors (Lipinski definition) is 3. The van der Waals surface area contributed by atoms with Crippen molar-refractivity contribution in [1.29, 1.82) is 0 Å². The summed E-state index contributed by atoms with van der Waals surface area (Å²) in [6.07, 6.45) is -0.0559. The average Bonchev–Trinajstić information content (AvgIpc) is 2.89. The Morgan fingerprint density at radius 3 is 2.55 bits per heavy atom. The van der Waals surface area contributed by atoms with Gasteiger partial charge in [-0.1, -0.05) is 48.2 Å². The van der Waals surface area contributed by atoms with Crippen molar-refractivity contribution in [3.05, 3.63) is 41.1 Å². The van der Waals surface area contributed by atoms with Crippen molar-refractivity contribution in [2.45, 2.75) is 69.0 Å². The van der Waals surface area contributed by atoms with E-state index in [0.717, 1.165) is 50.7 Å². The van der Waals surface area contributed by atoms with Crippen LogP contribution < -0.4 is 16.0 Å². The van der Waals surface area contributed by atoms with E-state index >= 15 is 0 Å². The Kier molecular flexibility index (Phi) is 10.6. The van der Waals surface area contributed by atoms with Crippen LogP contribution in [0.5, 0.6) is 0 Å². The molecule has 0 unspecified atom stereocenters. The molecule has 3 rings (SSSR count). The molecule has 13 heteroatoms. The van der Waals surface area contributed by atoms with Crippen LogP contribution in [0.3, 0.4) is 0 Å². The summed E-state index contributed by atoms with van der Waals surface area (Å²) >= 11 is 3.32. The van der Waals surface area contributed by atoms with E-state index in [9.17, 15) is 22.8 Å². The fourth-order valence-corrected chi connectivity index (χ4v) is 4.54. The molecular weight excluding hydrogens is 571 g/mol. The van der Waals surface area contributed by atoms with Crippen LogP contribution >= 0.6 is 15.9 Å². The summed E-state index contributed by atoms with van der Waals surface area (Å²) in [4.78, 5) is 33.7. The van der Waals surface area contributed by atoms with E-state index in [1.165, 1.54) is 19.2 Å². The van der Waals surface area contributed by atoms with E-state index in [4.69, 9.17) is 9.47 Å². The van der Waals surface area contributed by atoms with Gasteiger partial charge in [-0.25, -0.2) is 14.6 Å². The van der Waals surface area contributed by atoms with Gasteiger partial charge in [-0.2, -0.15) is 18.2 Å². The summed E-state index contributed by atoms with van der Waals surface area (Å²) in [6, 6.07) is 4.10. The van der Waals surface area contributed by atoms with Crippen molar-refractivity contribution in [3.8, 4) is 0 Å². The molecule has 1 aromatic heterocycles. The number of ether oxygens (including phenoxy) is 2. The van der Waals surface area contributed by atoms with Crippen LogP contribution in [0.2, 0.25) is 0 Å². The number of carbonyl (C=O) groups is 2. The fourth-order valence-electron chi connectivity index (χ4n) is 4.13. The van der Waals surface area contributed by atoms with E-state index < -0.39 is 23.8 Å². The quantitative estimate of drug-likeness (QED) is 0.168. The number of carbonyl (C=O) groups excluding carboxylic acids is 2. The standard InChI is InChI=1S/C25H31BrF3N5O4/c1-3-4-12-38-24(36)33-18-11-6-5-10-17(18)31-23-32-19(14-26)20(22(35)37-2)21(34-23)30-16-9-7-8-15(13-16)25(27,28)29/h7-9,13,17-18H,3-6,10-12,14H2,1-2H3,(H,33,36)(H2,30,31,32,34)/t17-,18+/m1/s1. The van der Waals surface area contributed by atoms with Crippen molar-refractivity contribution in [2.75, 3.05) is 24.4 Å². The van der Waals surface area contributed by atoms with E-state index in [2.05, 4.69) is 41.8 Å². The summed E-state index contributed by atoms with van der Waals surface area (Å²) in [6.45, 7) is 2.34. The monoisotopic (exact) mass is 601 g/mol. The SMILES string of the molecule is CCCCOC(=O)N[C@H]1CCCC[C@H]1Nc1nc(CBr)c(C(=O)OC)c(Nc2cccc(C(F)(F)F)c2)n1. The minimum atomic E-state index is -4.54. The summed E-state index contributed by atoms with van der Waals surface area (Å²) in [5.41, 5.74) is -0.493. The zero-order valence-corrected chi connectivity index (χ0v) is 22.7. The van der Waals surface area contributed by atoms with Crippen LogP contribution in [0.15, 0.2) is 24.3 Å². The molecule has 1 fully saturated rings. The van der Waals surface area contributed by atoms with Crippen LogP contribution in [0.4, 0.5) is 35.4 Å². The zero-order chi connectivity index (χ0) is 27.7. The largest absolute Gasteiger partial charge is 0.465 e.